The van der Waals surface area contributed by atoms with Gasteiger partial charge in [0.25, 0.3) is 15.9 Å². The van der Waals surface area contributed by atoms with Gasteiger partial charge in [-0.25, -0.2) is 8.42 Å². The van der Waals surface area contributed by atoms with Crippen molar-refractivity contribution in [2.24, 2.45) is 0 Å². The van der Waals surface area contributed by atoms with Crippen molar-refractivity contribution in [1.82, 2.24) is 5.32 Å². The number of hydrogen-bond donors (Lipinski definition) is 2. The molecule has 4 aromatic carbocycles. The van der Waals surface area contributed by atoms with E-state index in [4.69, 9.17) is 4.74 Å². The maximum Gasteiger partial charge on any atom is 0.416 e. The van der Waals surface area contributed by atoms with E-state index in [1.165, 1.54) is 30.3 Å². The van der Waals surface area contributed by atoms with Gasteiger partial charge >= 0.3 is 6.18 Å². The molecule has 0 heterocycles. The molecule has 10 heteroatoms. The van der Waals surface area contributed by atoms with Crippen molar-refractivity contribution in [2.75, 3.05) is 11.3 Å². The molecule has 186 valence electrons. The van der Waals surface area contributed by atoms with Gasteiger partial charge in [0.15, 0.2) is 6.61 Å². The third-order valence-corrected chi connectivity index (χ3v) is 6.70. The molecule has 0 aliphatic rings. The average molecular weight is 515 g/mol. The van der Waals surface area contributed by atoms with Crippen LogP contribution in [-0.2, 0) is 27.5 Å². The van der Waals surface area contributed by atoms with Crippen molar-refractivity contribution in [2.45, 2.75) is 17.6 Å². The second kappa shape index (κ2) is 10.3. The van der Waals surface area contributed by atoms with E-state index in [0.717, 1.165) is 28.5 Å². The number of rotatable bonds is 8. The molecule has 0 fully saturated rings. The highest BCUT2D eigenvalue weighted by Crippen LogP contribution is 2.31. The predicted molar refractivity (Wildman–Crippen MR) is 130 cm³/mol. The van der Waals surface area contributed by atoms with Gasteiger partial charge in [-0.3, -0.25) is 9.52 Å². The zero-order chi connectivity index (χ0) is 25.8. The quantitative estimate of drug-likeness (QED) is 0.332. The molecule has 2 N–H and O–H groups in total. The van der Waals surface area contributed by atoms with Crippen LogP contribution in [0.1, 0.15) is 11.1 Å². The van der Waals surface area contributed by atoms with Gasteiger partial charge in [-0.2, -0.15) is 13.2 Å². The zero-order valence-electron chi connectivity index (χ0n) is 18.7. The lowest BCUT2D eigenvalue weighted by molar-refractivity contribution is -0.137. The van der Waals surface area contributed by atoms with Crippen molar-refractivity contribution >= 4 is 32.4 Å². The van der Waals surface area contributed by atoms with Crippen molar-refractivity contribution in [3.8, 4) is 5.75 Å². The Kier molecular flexibility index (Phi) is 7.16. The largest absolute Gasteiger partial charge is 0.484 e. The second-order valence-corrected chi connectivity index (χ2v) is 9.54. The maximum absolute atomic E-state index is 12.9. The van der Waals surface area contributed by atoms with E-state index >= 15 is 0 Å². The Morgan fingerprint density at radius 3 is 2.31 bits per heavy atom. The van der Waals surface area contributed by atoms with Gasteiger partial charge < -0.3 is 10.1 Å². The summed E-state index contributed by atoms with van der Waals surface area (Å²) in [4.78, 5) is 12.1. The minimum absolute atomic E-state index is 0.173. The summed E-state index contributed by atoms with van der Waals surface area (Å²) in [7, 11) is -4.13. The minimum atomic E-state index is -4.60. The number of carbonyl (C=O) groups is 1. The number of nitrogens with one attached hydrogen (secondary N) is 2. The first-order chi connectivity index (χ1) is 17.1. The molecule has 0 aromatic heterocycles. The molecular weight excluding hydrogens is 493 g/mol. The summed E-state index contributed by atoms with van der Waals surface area (Å²) in [5, 5.41) is 4.90. The summed E-state index contributed by atoms with van der Waals surface area (Å²) >= 11 is 0. The van der Waals surface area contributed by atoms with Crippen molar-refractivity contribution < 1.29 is 31.1 Å². The smallest absolute Gasteiger partial charge is 0.416 e. The van der Waals surface area contributed by atoms with Crippen LogP contribution < -0.4 is 14.8 Å². The van der Waals surface area contributed by atoms with Gasteiger partial charge in [0, 0.05) is 12.2 Å². The third kappa shape index (κ3) is 6.14. The first-order valence-corrected chi connectivity index (χ1v) is 12.3. The molecule has 36 heavy (non-hydrogen) atoms. The molecule has 0 spiro atoms. The molecule has 0 unspecified atom stereocenters. The molecule has 4 rings (SSSR count). The molecular formula is C26H21F3N2O4S. The van der Waals surface area contributed by atoms with E-state index in [0.29, 0.717) is 12.6 Å². The van der Waals surface area contributed by atoms with E-state index in [1.54, 1.807) is 0 Å². The van der Waals surface area contributed by atoms with Crippen LogP contribution in [0.4, 0.5) is 18.9 Å². The molecule has 6 nitrogen and oxygen atoms in total. The first-order valence-electron chi connectivity index (χ1n) is 10.8. The van der Waals surface area contributed by atoms with Gasteiger partial charge in [-0.1, -0.05) is 48.5 Å². The normalized spacial score (nSPS) is 11.8. The lowest BCUT2D eigenvalue weighted by Crippen LogP contribution is -2.28. The van der Waals surface area contributed by atoms with Crippen LogP contribution in [0.2, 0.25) is 0 Å². The molecule has 0 radical (unpaired) electrons. The third-order valence-electron chi connectivity index (χ3n) is 5.30. The van der Waals surface area contributed by atoms with Gasteiger partial charge in [0.1, 0.15) is 5.75 Å². The van der Waals surface area contributed by atoms with Gasteiger partial charge in [0.2, 0.25) is 0 Å². The van der Waals surface area contributed by atoms with Gasteiger partial charge in [-0.05, 0) is 58.8 Å². The summed E-state index contributed by atoms with van der Waals surface area (Å²) in [5.74, 6) is -0.0980. The van der Waals surface area contributed by atoms with Crippen molar-refractivity contribution in [1.29, 1.82) is 0 Å². The molecule has 0 bridgehead atoms. The summed E-state index contributed by atoms with van der Waals surface area (Å²) in [5.41, 5.74) is -0.220. The van der Waals surface area contributed by atoms with Crippen molar-refractivity contribution in [3.63, 3.8) is 0 Å². The number of carbonyl (C=O) groups excluding carboxylic acids is 1. The lowest BCUT2D eigenvalue weighted by atomic mass is 10.0. The fourth-order valence-corrected chi connectivity index (χ4v) is 4.58. The summed E-state index contributed by atoms with van der Waals surface area (Å²) in [6.45, 7) is 0.0429. The minimum Gasteiger partial charge on any atom is -0.484 e. The molecule has 0 saturated heterocycles. The van der Waals surface area contributed by atoms with Crippen LogP contribution in [0.3, 0.4) is 0 Å². The monoisotopic (exact) mass is 514 g/mol. The Morgan fingerprint density at radius 2 is 1.56 bits per heavy atom. The number of benzene rings is 4. The van der Waals surface area contributed by atoms with E-state index in [2.05, 4.69) is 10.0 Å². The van der Waals surface area contributed by atoms with Crippen molar-refractivity contribution in [3.05, 3.63) is 102 Å². The van der Waals surface area contributed by atoms with Crippen LogP contribution in [0.25, 0.3) is 10.8 Å². The van der Waals surface area contributed by atoms with E-state index in [-0.39, 0.29) is 28.8 Å². The Labute approximate surface area is 205 Å². The number of alkyl halides is 3. The number of anilines is 1. The molecule has 0 aliphatic carbocycles. The second-order valence-electron chi connectivity index (χ2n) is 7.86. The summed E-state index contributed by atoms with van der Waals surface area (Å²) in [6, 6.07) is 22.8. The predicted octanol–water partition coefficient (Wildman–Crippen LogP) is 5.35. The Hall–Kier alpha value is -4.05. The fraction of sp³-hybridized carbons (Fsp3) is 0.115. The van der Waals surface area contributed by atoms with Gasteiger partial charge in [-0.15, -0.1) is 0 Å². The van der Waals surface area contributed by atoms with E-state index in [1.807, 2.05) is 42.5 Å². The van der Waals surface area contributed by atoms with E-state index < -0.39 is 21.8 Å². The van der Waals surface area contributed by atoms with Crippen LogP contribution in [0, 0.1) is 0 Å². The fourth-order valence-electron chi connectivity index (χ4n) is 3.53. The van der Waals surface area contributed by atoms with Crippen LogP contribution in [0.5, 0.6) is 5.75 Å². The first kappa shape index (κ1) is 25.1. The number of amides is 1. The SMILES string of the molecule is O=C(COc1ccc(S(=O)(=O)Nc2cccc(C(F)(F)F)c2)cc1)NCc1cccc2ccccc12. The Morgan fingerprint density at radius 1 is 0.861 bits per heavy atom. The molecule has 1 amide bonds. The lowest BCUT2D eigenvalue weighted by Gasteiger charge is -2.12. The molecule has 0 saturated carbocycles. The number of sulfonamides is 1. The number of ether oxygens (including phenoxy) is 1. The number of hydrogen-bond acceptors (Lipinski definition) is 4. The van der Waals surface area contributed by atoms with Crippen LogP contribution in [-0.4, -0.2) is 20.9 Å². The Balaban J connectivity index is 1.33. The zero-order valence-corrected chi connectivity index (χ0v) is 19.6. The molecule has 0 atom stereocenters. The van der Waals surface area contributed by atoms with Crippen LogP contribution in [0.15, 0.2) is 95.9 Å². The number of fused-ring (bicyclic) bond motifs is 1. The number of halogens is 3. The summed E-state index contributed by atoms with van der Waals surface area (Å²) in [6.07, 6.45) is -4.60. The summed E-state index contributed by atoms with van der Waals surface area (Å²) < 4.78 is 71.3. The standard InChI is InChI=1S/C26H21F3N2O4S/c27-26(28,29)20-8-4-9-21(15-20)31-36(33,34)23-13-11-22(12-14-23)35-17-25(32)30-16-19-7-3-6-18-5-1-2-10-24(18)19/h1-15,31H,16-17H2,(H,30,32). The highest BCUT2D eigenvalue weighted by Gasteiger charge is 2.30. The van der Waals surface area contributed by atoms with Crippen LogP contribution >= 0.6 is 0 Å². The molecule has 4 aromatic rings. The maximum atomic E-state index is 12.9. The van der Waals surface area contributed by atoms with Gasteiger partial charge in [0.05, 0.1) is 10.5 Å². The highest BCUT2D eigenvalue weighted by molar-refractivity contribution is 7.92. The average Bonchev–Trinajstić information content (AvgIpc) is 2.86. The Bertz CT molecular complexity index is 1480. The molecule has 0 aliphatic heterocycles. The topological polar surface area (TPSA) is 84.5 Å². The highest BCUT2D eigenvalue weighted by atomic mass is 32.2. The van der Waals surface area contributed by atoms with E-state index in [9.17, 15) is 26.4 Å².